The van der Waals surface area contributed by atoms with Crippen molar-refractivity contribution in [3.63, 3.8) is 0 Å². The lowest BCUT2D eigenvalue weighted by Crippen LogP contribution is -2.01. The van der Waals surface area contributed by atoms with E-state index >= 15 is 0 Å². The number of fused-ring (bicyclic) bond motifs is 1. The molecule has 0 saturated carbocycles. The highest BCUT2D eigenvalue weighted by molar-refractivity contribution is 5.75. The molecule has 0 bridgehead atoms. The van der Waals surface area contributed by atoms with Gasteiger partial charge < -0.3 is 9.30 Å². The Morgan fingerprint density at radius 2 is 2.10 bits per heavy atom. The van der Waals surface area contributed by atoms with Crippen LogP contribution in [0.1, 0.15) is 5.56 Å². The van der Waals surface area contributed by atoms with E-state index in [9.17, 15) is 10.1 Å². The summed E-state index contributed by atoms with van der Waals surface area (Å²) in [5.74, 6) is 0.624. The van der Waals surface area contributed by atoms with Crippen LogP contribution >= 0.6 is 0 Å². The molecule has 0 fully saturated rings. The van der Waals surface area contributed by atoms with E-state index in [1.807, 2.05) is 28.8 Å². The van der Waals surface area contributed by atoms with E-state index in [1.54, 1.807) is 19.5 Å². The molecule has 6 heteroatoms. The van der Waals surface area contributed by atoms with Crippen molar-refractivity contribution >= 4 is 16.7 Å². The van der Waals surface area contributed by atoms with Gasteiger partial charge in [-0.1, -0.05) is 12.1 Å². The van der Waals surface area contributed by atoms with Crippen molar-refractivity contribution in [1.29, 1.82) is 0 Å². The molecular formula is C15H13N3O3. The lowest BCUT2D eigenvalue weighted by atomic mass is 10.1. The molecule has 0 unspecified atom stereocenters. The molecule has 0 saturated heterocycles. The van der Waals surface area contributed by atoms with Crippen molar-refractivity contribution < 1.29 is 9.66 Å². The van der Waals surface area contributed by atoms with Crippen LogP contribution in [0.3, 0.4) is 0 Å². The fourth-order valence-corrected chi connectivity index (χ4v) is 2.32. The van der Waals surface area contributed by atoms with Crippen LogP contribution in [-0.4, -0.2) is 21.6 Å². The predicted molar refractivity (Wildman–Crippen MR) is 78.5 cm³/mol. The molecule has 0 aliphatic carbocycles. The van der Waals surface area contributed by atoms with Crippen LogP contribution in [0.25, 0.3) is 11.0 Å². The predicted octanol–water partition coefficient (Wildman–Crippen LogP) is 3.00. The van der Waals surface area contributed by atoms with Gasteiger partial charge in [-0.15, -0.1) is 0 Å². The lowest BCUT2D eigenvalue weighted by molar-refractivity contribution is -0.384. The van der Waals surface area contributed by atoms with Crippen molar-refractivity contribution in [2.24, 2.45) is 0 Å². The number of rotatable bonds is 4. The minimum Gasteiger partial charge on any atom is -0.496 e. The van der Waals surface area contributed by atoms with Crippen LogP contribution in [0.2, 0.25) is 0 Å². The lowest BCUT2D eigenvalue weighted by Gasteiger charge is -2.09. The van der Waals surface area contributed by atoms with E-state index in [0.29, 0.717) is 12.3 Å². The standard InChI is InChI=1S/C15H13N3O3/c1-21-15-7-6-12(18(19)20)8-11(15)9-17-10-16-13-4-2-3-5-14(13)17/h2-8,10H,9H2,1H3. The number of benzene rings is 2. The maximum atomic E-state index is 10.9. The largest absolute Gasteiger partial charge is 0.496 e. The summed E-state index contributed by atoms with van der Waals surface area (Å²) >= 11 is 0. The van der Waals surface area contributed by atoms with Gasteiger partial charge in [0.05, 0.1) is 35.9 Å². The highest BCUT2D eigenvalue weighted by Crippen LogP contribution is 2.26. The molecule has 0 atom stereocenters. The molecule has 0 amide bonds. The summed E-state index contributed by atoms with van der Waals surface area (Å²) in [6, 6.07) is 12.3. The average Bonchev–Trinajstić information content (AvgIpc) is 2.90. The molecule has 0 N–H and O–H groups in total. The first-order chi connectivity index (χ1) is 10.2. The summed E-state index contributed by atoms with van der Waals surface area (Å²) in [6.45, 7) is 0.464. The van der Waals surface area contributed by atoms with Gasteiger partial charge >= 0.3 is 0 Å². The quantitative estimate of drug-likeness (QED) is 0.545. The van der Waals surface area contributed by atoms with Gasteiger partial charge in [0.1, 0.15) is 5.75 Å². The molecule has 21 heavy (non-hydrogen) atoms. The Balaban J connectivity index is 2.04. The molecule has 0 spiro atoms. The van der Waals surface area contributed by atoms with E-state index in [1.165, 1.54) is 12.1 Å². The third-order valence-electron chi connectivity index (χ3n) is 3.34. The molecule has 2 aromatic carbocycles. The number of aromatic nitrogens is 2. The van der Waals surface area contributed by atoms with Gasteiger partial charge in [0.25, 0.3) is 5.69 Å². The fourth-order valence-electron chi connectivity index (χ4n) is 2.32. The van der Waals surface area contributed by atoms with E-state index in [0.717, 1.165) is 16.6 Å². The SMILES string of the molecule is COc1ccc([N+](=O)[O-])cc1Cn1cnc2ccccc21. The highest BCUT2D eigenvalue weighted by Gasteiger charge is 2.12. The Bertz CT molecular complexity index is 811. The zero-order valence-corrected chi connectivity index (χ0v) is 11.4. The van der Waals surface area contributed by atoms with Gasteiger partial charge in [-0.2, -0.15) is 0 Å². The van der Waals surface area contributed by atoms with E-state index in [-0.39, 0.29) is 5.69 Å². The van der Waals surface area contributed by atoms with Crippen molar-refractivity contribution in [3.8, 4) is 5.75 Å². The number of hydrogen-bond donors (Lipinski definition) is 0. The molecule has 0 aliphatic heterocycles. The van der Waals surface area contributed by atoms with Crippen molar-refractivity contribution in [2.75, 3.05) is 7.11 Å². The summed E-state index contributed by atoms with van der Waals surface area (Å²) in [4.78, 5) is 14.8. The van der Waals surface area contributed by atoms with Crippen molar-refractivity contribution in [2.45, 2.75) is 6.54 Å². The van der Waals surface area contributed by atoms with Crippen LogP contribution in [0, 0.1) is 10.1 Å². The monoisotopic (exact) mass is 283 g/mol. The van der Waals surface area contributed by atoms with Crippen LogP contribution in [0.4, 0.5) is 5.69 Å². The van der Waals surface area contributed by atoms with Gasteiger partial charge in [-0.25, -0.2) is 4.98 Å². The number of non-ortho nitro benzene ring substituents is 1. The number of ether oxygens (including phenoxy) is 1. The first-order valence-corrected chi connectivity index (χ1v) is 6.40. The number of para-hydroxylation sites is 2. The van der Waals surface area contributed by atoms with E-state index in [2.05, 4.69) is 4.98 Å². The van der Waals surface area contributed by atoms with Gasteiger partial charge in [-0.05, 0) is 18.2 Å². The van der Waals surface area contributed by atoms with Crippen LogP contribution in [0.5, 0.6) is 5.75 Å². The second-order valence-electron chi connectivity index (χ2n) is 4.61. The maximum Gasteiger partial charge on any atom is 0.270 e. The Labute approximate surface area is 120 Å². The second-order valence-corrected chi connectivity index (χ2v) is 4.61. The number of nitro groups is 1. The Morgan fingerprint density at radius 3 is 2.86 bits per heavy atom. The zero-order chi connectivity index (χ0) is 14.8. The topological polar surface area (TPSA) is 70.2 Å². The number of methoxy groups -OCH3 is 1. The number of nitro benzene ring substituents is 1. The number of hydrogen-bond acceptors (Lipinski definition) is 4. The Hall–Kier alpha value is -2.89. The fraction of sp³-hybridized carbons (Fsp3) is 0.133. The smallest absolute Gasteiger partial charge is 0.270 e. The summed E-state index contributed by atoms with van der Waals surface area (Å²) in [5, 5.41) is 10.9. The minimum absolute atomic E-state index is 0.0511. The van der Waals surface area contributed by atoms with Gasteiger partial charge in [0.2, 0.25) is 0 Å². The highest BCUT2D eigenvalue weighted by atomic mass is 16.6. The number of imidazole rings is 1. The molecule has 0 radical (unpaired) electrons. The van der Waals surface area contributed by atoms with Crippen molar-refractivity contribution in [1.82, 2.24) is 9.55 Å². The molecule has 1 heterocycles. The third kappa shape index (κ3) is 2.43. The normalized spacial score (nSPS) is 10.7. The van der Waals surface area contributed by atoms with E-state index < -0.39 is 4.92 Å². The molecule has 0 aliphatic rings. The van der Waals surface area contributed by atoms with E-state index in [4.69, 9.17) is 4.74 Å². The van der Waals surface area contributed by atoms with Gasteiger partial charge in [0.15, 0.2) is 0 Å². The van der Waals surface area contributed by atoms with Crippen LogP contribution in [-0.2, 0) is 6.54 Å². The minimum atomic E-state index is -0.408. The summed E-state index contributed by atoms with van der Waals surface area (Å²) in [5.41, 5.74) is 2.66. The third-order valence-corrected chi connectivity index (χ3v) is 3.34. The first kappa shape index (κ1) is 13.1. The van der Waals surface area contributed by atoms with Crippen LogP contribution in [0.15, 0.2) is 48.8 Å². The Kier molecular flexibility index (Phi) is 3.27. The number of nitrogens with zero attached hydrogens (tertiary/aromatic N) is 3. The molecule has 6 nitrogen and oxygen atoms in total. The molecule has 106 valence electrons. The molecular weight excluding hydrogens is 270 g/mol. The average molecular weight is 283 g/mol. The summed E-state index contributed by atoms with van der Waals surface area (Å²) < 4.78 is 7.23. The molecule has 3 aromatic rings. The van der Waals surface area contributed by atoms with Gasteiger partial charge in [0, 0.05) is 17.7 Å². The van der Waals surface area contributed by atoms with Crippen LogP contribution < -0.4 is 4.74 Å². The Morgan fingerprint density at radius 1 is 1.29 bits per heavy atom. The van der Waals surface area contributed by atoms with Gasteiger partial charge in [-0.3, -0.25) is 10.1 Å². The summed E-state index contributed by atoms with van der Waals surface area (Å²) in [6.07, 6.45) is 1.73. The molecule has 3 rings (SSSR count). The zero-order valence-electron chi connectivity index (χ0n) is 11.4. The second kappa shape index (κ2) is 5.24. The first-order valence-electron chi connectivity index (χ1n) is 6.40. The molecule has 1 aromatic heterocycles. The maximum absolute atomic E-state index is 10.9. The van der Waals surface area contributed by atoms with Crippen molar-refractivity contribution in [3.05, 3.63) is 64.5 Å². The summed E-state index contributed by atoms with van der Waals surface area (Å²) in [7, 11) is 1.55.